The zero-order valence-electron chi connectivity index (χ0n) is 16.3. The molecular formula is C21H19ClN6OS. The van der Waals surface area contributed by atoms with Gasteiger partial charge in [-0.3, -0.25) is 5.32 Å². The number of rotatable bonds is 3. The summed E-state index contributed by atoms with van der Waals surface area (Å²) in [6, 6.07) is 13.0. The van der Waals surface area contributed by atoms with Crippen molar-refractivity contribution < 1.29 is 4.79 Å². The van der Waals surface area contributed by atoms with Crippen LogP contribution in [0.2, 0.25) is 5.15 Å². The highest BCUT2D eigenvalue weighted by Crippen LogP contribution is 2.40. The quantitative estimate of drug-likeness (QED) is 0.599. The number of halogens is 1. The number of nitrogens with one attached hydrogen (secondary N) is 2. The van der Waals surface area contributed by atoms with E-state index >= 15 is 0 Å². The molecule has 3 heterocycles. The first-order valence-electron chi connectivity index (χ1n) is 9.46. The first-order chi connectivity index (χ1) is 14.5. The fraction of sp³-hybridized carbons (Fsp3) is 0.238. The monoisotopic (exact) mass is 438 g/mol. The molecule has 1 saturated heterocycles. The Kier molecular flexibility index (Phi) is 5.95. The van der Waals surface area contributed by atoms with Gasteiger partial charge in [-0.2, -0.15) is 5.26 Å². The molecule has 2 N–H and O–H groups in total. The highest BCUT2D eigenvalue weighted by Gasteiger charge is 2.21. The number of hydrogen-bond donors (Lipinski definition) is 2. The minimum atomic E-state index is -0.168. The standard InChI is InChI=1S/C21H19ClN6OS/c1-13-9-16(11-17(22)25-13)19-18(15-4-2-3-14(10-15)12-23)26-20(30-19)27-21(29)28-7-5-24-6-8-28/h2-4,9-11,24H,5-8H2,1H3,(H,26,27,29). The molecule has 30 heavy (non-hydrogen) atoms. The highest BCUT2D eigenvalue weighted by atomic mass is 35.5. The van der Waals surface area contributed by atoms with Gasteiger partial charge in [-0.15, -0.1) is 0 Å². The second-order valence-corrected chi connectivity index (χ2v) is 8.26. The number of benzene rings is 1. The van der Waals surface area contributed by atoms with E-state index in [2.05, 4.69) is 21.7 Å². The second-order valence-electron chi connectivity index (χ2n) is 6.88. The third-order valence-electron chi connectivity index (χ3n) is 4.69. The van der Waals surface area contributed by atoms with Crippen molar-refractivity contribution in [2.75, 3.05) is 31.5 Å². The molecule has 0 radical (unpaired) electrons. The number of nitrogens with zero attached hydrogens (tertiary/aromatic N) is 4. The third kappa shape index (κ3) is 4.44. The maximum Gasteiger partial charge on any atom is 0.323 e. The fourth-order valence-corrected chi connectivity index (χ4v) is 4.51. The van der Waals surface area contributed by atoms with Crippen LogP contribution in [0.25, 0.3) is 21.7 Å². The average molecular weight is 439 g/mol. The van der Waals surface area contributed by atoms with Crippen LogP contribution in [0.3, 0.4) is 0 Å². The van der Waals surface area contributed by atoms with Crippen molar-refractivity contribution in [1.82, 2.24) is 20.2 Å². The molecule has 0 spiro atoms. The predicted molar refractivity (Wildman–Crippen MR) is 119 cm³/mol. The molecule has 4 rings (SSSR count). The van der Waals surface area contributed by atoms with Crippen LogP contribution >= 0.6 is 22.9 Å². The van der Waals surface area contributed by atoms with Gasteiger partial charge in [-0.1, -0.05) is 35.1 Å². The summed E-state index contributed by atoms with van der Waals surface area (Å²) in [5.74, 6) is 0. The van der Waals surface area contributed by atoms with Gasteiger partial charge in [0.2, 0.25) is 0 Å². The van der Waals surface area contributed by atoms with Gasteiger partial charge < -0.3 is 10.2 Å². The van der Waals surface area contributed by atoms with Crippen LogP contribution in [-0.4, -0.2) is 47.1 Å². The highest BCUT2D eigenvalue weighted by molar-refractivity contribution is 7.19. The molecule has 0 aliphatic carbocycles. The molecule has 1 fully saturated rings. The molecule has 0 atom stereocenters. The number of hydrogen-bond acceptors (Lipinski definition) is 6. The van der Waals surface area contributed by atoms with E-state index in [4.69, 9.17) is 16.6 Å². The Morgan fingerprint density at radius 2 is 2.03 bits per heavy atom. The van der Waals surface area contributed by atoms with E-state index in [1.165, 1.54) is 11.3 Å². The first-order valence-corrected chi connectivity index (χ1v) is 10.7. The third-order valence-corrected chi connectivity index (χ3v) is 5.91. The number of aryl methyl sites for hydroxylation is 1. The summed E-state index contributed by atoms with van der Waals surface area (Å²) in [4.78, 5) is 24.2. The number of thiazole rings is 1. The van der Waals surface area contributed by atoms with E-state index in [0.717, 1.165) is 34.8 Å². The normalized spacial score (nSPS) is 13.7. The summed E-state index contributed by atoms with van der Waals surface area (Å²) in [6.07, 6.45) is 0. The maximum atomic E-state index is 12.6. The Labute approximate surface area is 183 Å². The lowest BCUT2D eigenvalue weighted by Crippen LogP contribution is -2.48. The molecule has 2 aromatic heterocycles. The first kappa shape index (κ1) is 20.3. The van der Waals surface area contributed by atoms with E-state index in [0.29, 0.717) is 34.6 Å². The number of carbonyl (C=O) groups excluding carboxylic acids is 1. The topological polar surface area (TPSA) is 93.9 Å². The molecule has 7 nitrogen and oxygen atoms in total. The Morgan fingerprint density at radius 1 is 1.23 bits per heavy atom. The smallest absolute Gasteiger partial charge is 0.322 e. The number of pyridine rings is 1. The molecule has 152 valence electrons. The van der Waals surface area contributed by atoms with Gasteiger partial charge in [0.05, 0.1) is 22.2 Å². The van der Waals surface area contributed by atoms with Crippen LogP contribution in [0.4, 0.5) is 9.93 Å². The number of amides is 2. The van der Waals surface area contributed by atoms with Crippen molar-refractivity contribution in [2.45, 2.75) is 6.92 Å². The molecule has 0 unspecified atom stereocenters. The molecule has 2 amide bonds. The van der Waals surface area contributed by atoms with Crippen LogP contribution in [0.15, 0.2) is 36.4 Å². The number of aromatic nitrogens is 2. The Bertz CT molecular complexity index is 1110. The zero-order chi connectivity index (χ0) is 21.1. The van der Waals surface area contributed by atoms with Gasteiger partial charge in [-0.25, -0.2) is 14.8 Å². The van der Waals surface area contributed by atoms with Crippen LogP contribution in [0.1, 0.15) is 11.3 Å². The predicted octanol–water partition coefficient (Wildman–Crippen LogP) is 4.14. The minimum absolute atomic E-state index is 0.168. The van der Waals surface area contributed by atoms with E-state index in [9.17, 15) is 10.1 Å². The zero-order valence-corrected chi connectivity index (χ0v) is 17.8. The summed E-state index contributed by atoms with van der Waals surface area (Å²) in [7, 11) is 0. The lowest BCUT2D eigenvalue weighted by atomic mass is 10.1. The van der Waals surface area contributed by atoms with Gasteiger partial charge >= 0.3 is 6.03 Å². The number of piperazine rings is 1. The Morgan fingerprint density at radius 3 is 2.77 bits per heavy atom. The fourth-order valence-electron chi connectivity index (χ4n) is 3.30. The molecule has 0 bridgehead atoms. The molecule has 9 heteroatoms. The van der Waals surface area contributed by atoms with Crippen LogP contribution in [0, 0.1) is 18.3 Å². The van der Waals surface area contributed by atoms with Crippen molar-refractivity contribution >= 4 is 34.1 Å². The van der Waals surface area contributed by atoms with Crippen molar-refractivity contribution in [1.29, 1.82) is 5.26 Å². The van der Waals surface area contributed by atoms with Crippen molar-refractivity contribution in [3.8, 4) is 27.8 Å². The summed E-state index contributed by atoms with van der Waals surface area (Å²) in [5, 5.41) is 16.3. The maximum absolute atomic E-state index is 12.6. The molecule has 1 aliphatic rings. The SMILES string of the molecule is Cc1cc(-c2sc(NC(=O)N3CCNCC3)nc2-c2cccc(C#N)c2)cc(Cl)n1. The lowest BCUT2D eigenvalue weighted by Gasteiger charge is -2.26. The lowest BCUT2D eigenvalue weighted by molar-refractivity contribution is 0.204. The van der Waals surface area contributed by atoms with Gasteiger partial charge in [0.25, 0.3) is 0 Å². The minimum Gasteiger partial charge on any atom is -0.322 e. The Balaban J connectivity index is 1.75. The van der Waals surface area contributed by atoms with E-state index in [1.807, 2.05) is 25.1 Å². The van der Waals surface area contributed by atoms with Crippen LogP contribution < -0.4 is 10.6 Å². The van der Waals surface area contributed by atoms with Crippen molar-refractivity contribution in [3.05, 3.63) is 52.8 Å². The number of urea groups is 1. The molecule has 3 aromatic rings. The molecular weight excluding hydrogens is 420 g/mol. The van der Waals surface area contributed by atoms with Gasteiger partial charge in [0, 0.05) is 37.4 Å². The number of nitriles is 1. The van der Waals surface area contributed by atoms with Crippen molar-refractivity contribution in [3.63, 3.8) is 0 Å². The van der Waals surface area contributed by atoms with Gasteiger partial charge in [0.15, 0.2) is 5.13 Å². The van der Waals surface area contributed by atoms with Crippen LogP contribution in [0.5, 0.6) is 0 Å². The largest absolute Gasteiger partial charge is 0.323 e. The molecule has 1 aliphatic heterocycles. The van der Waals surface area contributed by atoms with Crippen LogP contribution in [-0.2, 0) is 0 Å². The average Bonchev–Trinajstić information content (AvgIpc) is 3.17. The van der Waals surface area contributed by atoms with Gasteiger partial charge in [0.1, 0.15) is 5.15 Å². The van der Waals surface area contributed by atoms with E-state index < -0.39 is 0 Å². The molecule has 0 saturated carbocycles. The van der Waals surface area contributed by atoms with E-state index in [-0.39, 0.29) is 6.03 Å². The number of carbonyl (C=O) groups is 1. The second kappa shape index (κ2) is 8.79. The summed E-state index contributed by atoms with van der Waals surface area (Å²) >= 11 is 7.56. The van der Waals surface area contributed by atoms with Gasteiger partial charge in [-0.05, 0) is 36.8 Å². The Hall–Kier alpha value is -2.99. The number of anilines is 1. The summed E-state index contributed by atoms with van der Waals surface area (Å²) in [6.45, 7) is 4.73. The summed E-state index contributed by atoms with van der Waals surface area (Å²) < 4.78 is 0. The summed E-state index contributed by atoms with van der Waals surface area (Å²) in [5.41, 5.74) is 3.68. The van der Waals surface area contributed by atoms with Crippen molar-refractivity contribution in [2.24, 2.45) is 0 Å². The van der Waals surface area contributed by atoms with E-state index in [1.54, 1.807) is 23.1 Å². The molecule has 1 aromatic carbocycles.